The quantitative estimate of drug-likeness (QED) is 0.482. The summed E-state index contributed by atoms with van der Waals surface area (Å²) in [6.45, 7) is 6.10. The van der Waals surface area contributed by atoms with E-state index in [4.69, 9.17) is 9.47 Å². The average molecular weight is 455 g/mol. The summed E-state index contributed by atoms with van der Waals surface area (Å²) in [6, 6.07) is 11.0. The molecule has 3 aromatic rings. The molecule has 0 saturated carbocycles. The Bertz CT molecular complexity index is 1150. The van der Waals surface area contributed by atoms with Gasteiger partial charge in [-0.25, -0.2) is 4.79 Å². The van der Waals surface area contributed by atoms with Crippen molar-refractivity contribution in [2.24, 2.45) is 0 Å². The van der Waals surface area contributed by atoms with Gasteiger partial charge in [0.15, 0.2) is 5.75 Å². The predicted molar refractivity (Wildman–Crippen MR) is 126 cm³/mol. The van der Waals surface area contributed by atoms with Crippen LogP contribution in [0.3, 0.4) is 0 Å². The zero-order valence-corrected chi connectivity index (χ0v) is 19.2. The Labute approximate surface area is 190 Å². The van der Waals surface area contributed by atoms with Gasteiger partial charge in [-0.15, -0.1) is 11.3 Å². The molecule has 0 radical (unpaired) electrons. The fourth-order valence-corrected chi connectivity index (χ4v) is 4.06. The van der Waals surface area contributed by atoms with Gasteiger partial charge in [0, 0.05) is 17.1 Å². The van der Waals surface area contributed by atoms with Crippen molar-refractivity contribution in [3.8, 4) is 16.9 Å². The summed E-state index contributed by atoms with van der Waals surface area (Å²) in [7, 11) is 0. The van der Waals surface area contributed by atoms with Crippen LogP contribution in [0.2, 0.25) is 0 Å². The summed E-state index contributed by atoms with van der Waals surface area (Å²) in [5.41, 5.74) is 2.57. The highest BCUT2D eigenvalue weighted by molar-refractivity contribution is 7.15. The first kappa shape index (κ1) is 23.3. The molecule has 7 nitrogen and oxygen atoms in total. The zero-order valence-electron chi connectivity index (χ0n) is 18.3. The molecule has 0 atom stereocenters. The van der Waals surface area contributed by atoms with E-state index < -0.39 is 11.9 Å². The molecule has 0 aliphatic rings. The van der Waals surface area contributed by atoms with E-state index in [2.05, 4.69) is 5.32 Å². The third-order valence-corrected chi connectivity index (χ3v) is 5.54. The number of benzene rings is 1. The summed E-state index contributed by atoms with van der Waals surface area (Å²) in [4.78, 5) is 37.9. The van der Waals surface area contributed by atoms with Crippen LogP contribution in [-0.2, 0) is 16.1 Å². The SMILES string of the molecule is CCCOc1cccn(CC(=O)Nc2scc(-c3ccc(C)cc3)c2C(=O)OCC)c1=O. The van der Waals surface area contributed by atoms with E-state index >= 15 is 0 Å². The highest BCUT2D eigenvalue weighted by Crippen LogP contribution is 2.36. The van der Waals surface area contributed by atoms with E-state index in [-0.39, 0.29) is 24.5 Å². The van der Waals surface area contributed by atoms with Gasteiger partial charge >= 0.3 is 5.97 Å². The van der Waals surface area contributed by atoms with Crippen LogP contribution in [-0.4, -0.2) is 29.7 Å². The molecule has 2 aromatic heterocycles. The van der Waals surface area contributed by atoms with Crippen molar-refractivity contribution in [3.05, 3.63) is 69.5 Å². The maximum Gasteiger partial charge on any atom is 0.341 e. The highest BCUT2D eigenvalue weighted by atomic mass is 32.1. The molecule has 1 amide bonds. The molecule has 32 heavy (non-hydrogen) atoms. The van der Waals surface area contributed by atoms with Crippen LogP contribution >= 0.6 is 11.3 Å². The summed E-state index contributed by atoms with van der Waals surface area (Å²) in [5.74, 6) is -0.735. The van der Waals surface area contributed by atoms with Gasteiger partial charge in [-0.2, -0.15) is 0 Å². The van der Waals surface area contributed by atoms with Crippen molar-refractivity contribution in [1.82, 2.24) is 4.57 Å². The molecule has 168 valence electrons. The molecule has 0 aliphatic carbocycles. The van der Waals surface area contributed by atoms with Crippen molar-refractivity contribution in [3.63, 3.8) is 0 Å². The molecule has 0 aliphatic heterocycles. The first-order valence-corrected chi connectivity index (χ1v) is 11.3. The molecule has 2 heterocycles. The highest BCUT2D eigenvalue weighted by Gasteiger charge is 2.23. The van der Waals surface area contributed by atoms with Gasteiger partial charge in [-0.3, -0.25) is 9.59 Å². The number of pyridine rings is 1. The van der Waals surface area contributed by atoms with Gasteiger partial charge in [0.1, 0.15) is 17.1 Å². The molecule has 3 rings (SSSR count). The molecular formula is C24H26N2O5S. The second-order valence-corrected chi connectivity index (χ2v) is 8.02. The smallest absolute Gasteiger partial charge is 0.341 e. The van der Waals surface area contributed by atoms with Gasteiger partial charge in [-0.1, -0.05) is 36.8 Å². The Hall–Kier alpha value is -3.39. The number of nitrogens with one attached hydrogen (secondary N) is 1. The predicted octanol–water partition coefficient (Wildman–Crippen LogP) is 4.49. The zero-order chi connectivity index (χ0) is 23.1. The Morgan fingerprint density at radius 3 is 2.56 bits per heavy atom. The van der Waals surface area contributed by atoms with Crippen molar-refractivity contribution >= 4 is 28.2 Å². The Morgan fingerprint density at radius 2 is 1.88 bits per heavy atom. The minimum absolute atomic E-state index is 0.201. The summed E-state index contributed by atoms with van der Waals surface area (Å²) in [6.07, 6.45) is 2.30. The van der Waals surface area contributed by atoms with Crippen LogP contribution in [0.25, 0.3) is 11.1 Å². The Balaban J connectivity index is 1.85. The van der Waals surface area contributed by atoms with E-state index in [9.17, 15) is 14.4 Å². The third-order valence-electron chi connectivity index (χ3n) is 4.65. The molecule has 0 bridgehead atoms. The maximum absolute atomic E-state index is 12.7. The van der Waals surface area contributed by atoms with Crippen LogP contribution in [0.4, 0.5) is 5.00 Å². The summed E-state index contributed by atoms with van der Waals surface area (Å²) < 4.78 is 11.9. The van der Waals surface area contributed by atoms with Crippen molar-refractivity contribution < 1.29 is 19.1 Å². The van der Waals surface area contributed by atoms with E-state index in [1.165, 1.54) is 22.1 Å². The van der Waals surface area contributed by atoms with Gasteiger partial charge < -0.3 is 19.4 Å². The topological polar surface area (TPSA) is 86.6 Å². The Kier molecular flexibility index (Phi) is 7.83. The fourth-order valence-electron chi connectivity index (χ4n) is 3.08. The molecule has 8 heteroatoms. The first-order chi connectivity index (χ1) is 15.4. The lowest BCUT2D eigenvalue weighted by molar-refractivity contribution is -0.116. The second-order valence-electron chi connectivity index (χ2n) is 7.14. The van der Waals surface area contributed by atoms with E-state index in [1.54, 1.807) is 19.1 Å². The molecule has 1 aromatic carbocycles. The van der Waals surface area contributed by atoms with Gasteiger partial charge in [-0.05, 0) is 38.0 Å². The monoisotopic (exact) mass is 454 g/mol. The lowest BCUT2D eigenvalue weighted by atomic mass is 10.0. The lowest BCUT2D eigenvalue weighted by Crippen LogP contribution is -2.28. The summed E-state index contributed by atoms with van der Waals surface area (Å²) >= 11 is 1.24. The normalized spacial score (nSPS) is 10.6. The Morgan fingerprint density at radius 1 is 1.12 bits per heavy atom. The number of aryl methyl sites for hydroxylation is 1. The molecule has 0 unspecified atom stereocenters. The van der Waals surface area contributed by atoms with Crippen molar-refractivity contribution in [2.75, 3.05) is 18.5 Å². The number of nitrogens with zero attached hydrogens (tertiary/aromatic N) is 1. The van der Waals surface area contributed by atoms with E-state index in [1.807, 2.05) is 43.5 Å². The molecule has 0 saturated heterocycles. The van der Waals surface area contributed by atoms with E-state index in [0.717, 1.165) is 17.5 Å². The number of thiophene rings is 1. The number of amides is 1. The minimum atomic E-state index is -0.508. The van der Waals surface area contributed by atoms with Crippen molar-refractivity contribution in [1.29, 1.82) is 0 Å². The number of carbonyl (C=O) groups excluding carboxylic acids is 2. The minimum Gasteiger partial charge on any atom is -0.488 e. The lowest BCUT2D eigenvalue weighted by Gasteiger charge is -2.11. The van der Waals surface area contributed by atoms with E-state index in [0.29, 0.717) is 22.7 Å². The molecular weight excluding hydrogens is 428 g/mol. The second kappa shape index (κ2) is 10.8. The maximum atomic E-state index is 12.7. The van der Waals surface area contributed by atoms with Crippen molar-refractivity contribution in [2.45, 2.75) is 33.7 Å². The van der Waals surface area contributed by atoms with Gasteiger partial charge in [0.05, 0.1) is 13.2 Å². The van der Waals surface area contributed by atoms with Crippen LogP contribution in [0.15, 0.2) is 52.8 Å². The molecule has 0 spiro atoms. The van der Waals surface area contributed by atoms with Gasteiger partial charge in [0.25, 0.3) is 5.56 Å². The fraction of sp³-hybridized carbons (Fsp3) is 0.292. The molecule has 1 N–H and O–H groups in total. The van der Waals surface area contributed by atoms with Crippen LogP contribution in [0, 0.1) is 6.92 Å². The number of ether oxygens (including phenoxy) is 2. The number of esters is 1. The first-order valence-electron chi connectivity index (χ1n) is 10.4. The van der Waals surface area contributed by atoms with Crippen LogP contribution in [0.1, 0.15) is 36.2 Å². The number of hydrogen-bond donors (Lipinski definition) is 1. The number of aromatic nitrogens is 1. The standard InChI is InChI=1S/C24H26N2O5S/c1-4-13-31-19-7-6-12-26(23(19)28)14-20(27)25-22-21(24(29)30-5-2)18(15-32-22)17-10-8-16(3)9-11-17/h6-12,15H,4-5,13-14H2,1-3H3,(H,25,27). The molecule has 0 fully saturated rings. The number of anilines is 1. The number of rotatable bonds is 9. The number of hydrogen-bond acceptors (Lipinski definition) is 6. The van der Waals surface area contributed by atoms with Crippen LogP contribution < -0.4 is 15.6 Å². The van der Waals surface area contributed by atoms with Gasteiger partial charge in [0.2, 0.25) is 5.91 Å². The number of carbonyl (C=O) groups is 2. The van der Waals surface area contributed by atoms with Crippen LogP contribution in [0.5, 0.6) is 5.75 Å². The summed E-state index contributed by atoms with van der Waals surface area (Å²) in [5, 5.41) is 4.97. The third kappa shape index (κ3) is 5.45. The average Bonchev–Trinajstić information content (AvgIpc) is 3.18. The largest absolute Gasteiger partial charge is 0.488 e.